The minimum Gasteiger partial charge on any atom is -0.486 e. The monoisotopic (exact) mass is 325 g/mol. The van der Waals surface area contributed by atoms with Gasteiger partial charge in [0, 0.05) is 18.0 Å². The van der Waals surface area contributed by atoms with Crippen molar-refractivity contribution in [3.05, 3.63) is 45.1 Å². The first-order chi connectivity index (χ1) is 10.2. The zero-order valence-electron chi connectivity index (χ0n) is 11.3. The summed E-state index contributed by atoms with van der Waals surface area (Å²) in [6.45, 7) is 2.19. The largest absolute Gasteiger partial charge is 0.486 e. The summed E-state index contributed by atoms with van der Waals surface area (Å²) in [7, 11) is 0. The van der Waals surface area contributed by atoms with Crippen molar-refractivity contribution in [1.82, 2.24) is 5.32 Å². The van der Waals surface area contributed by atoms with Gasteiger partial charge in [0.05, 0.1) is 11.1 Å². The topological polar surface area (TPSA) is 50.7 Å². The third-order valence-corrected chi connectivity index (χ3v) is 4.38. The number of ether oxygens (including phenoxy) is 2. The average molecular weight is 326 g/mol. The molecular formula is C15H16ClNO3S. The van der Waals surface area contributed by atoms with E-state index >= 15 is 0 Å². The van der Waals surface area contributed by atoms with E-state index in [2.05, 4.69) is 11.4 Å². The molecule has 2 N–H and O–H groups in total. The van der Waals surface area contributed by atoms with Crippen LogP contribution in [0.3, 0.4) is 0 Å². The molecule has 1 aromatic carbocycles. The summed E-state index contributed by atoms with van der Waals surface area (Å²) in [5, 5.41) is 16.0. The summed E-state index contributed by atoms with van der Waals surface area (Å²) in [6, 6.07) is 7.59. The van der Waals surface area contributed by atoms with Crippen LogP contribution in [0.5, 0.6) is 11.5 Å². The van der Waals surface area contributed by atoms with E-state index in [-0.39, 0.29) is 0 Å². The molecule has 0 fully saturated rings. The highest BCUT2D eigenvalue weighted by Gasteiger charge is 2.19. The van der Waals surface area contributed by atoms with Crippen LogP contribution in [0.15, 0.2) is 29.6 Å². The van der Waals surface area contributed by atoms with E-state index in [1.165, 1.54) is 4.88 Å². The van der Waals surface area contributed by atoms with Crippen LogP contribution in [0.25, 0.3) is 0 Å². The third-order valence-electron chi connectivity index (χ3n) is 3.22. The molecule has 0 saturated carbocycles. The molecular weight excluding hydrogens is 310 g/mol. The molecule has 0 radical (unpaired) electrons. The second-order valence-electron chi connectivity index (χ2n) is 4.75. The number of nitrogens with one attached hydrogen (secondary N) is 1. The predicted octanol–water partition coefficient (Wildman–Crippen LogP) is 3.00. The van der Waals surface area contributed by atoms with Crippen LogP contribution in [0.1, 0.15) is 16.5 Å². The highest BCUT2D eigenvalue weighted by Crippen LogP contribution is 2.39. The molecule has 2 aromatic rings. The second-order valence-corrected chi connectivity index (χ2v) is 6.19. The number of benzene rings is 1. The van der Waals surface area contributed by atoms with Crippen molar-refractivity contribution in [3.8, 4) is 11.5 Å². The highest BCUT2D eigenvalue weighted by atomic mass is 35.5. The Morgan fingerprint density at radius 1 is 1.33 bits per heavy atom. The van der Waals surface area contributed by atoms with E-state index in [4.69, 9.17) is 21.1 Å². The Labute approximate surface area is 132 Å². The second kappa shape index (κ2) is 6.66. The molecule has 1 aromatic heterocycles. The summed E-state index contributed by atoms with van der Waals surface area (Å²) in [5.41, 5.74) is 0.725. The van der Waals surface area contributed by atoms with Crippen molar-refractivity contribution in [1.29, 1.82) is 0 Å². The lowest BCUT2D eigenvalue weighted by Crippen LogP contribution is -2.21. The Kier molecular flexibility index (Phi) is 4.65. The lowest BCUT2D eigenvalue weighted by molar-refractivity contribution is 0.163. The summed E-state index contributed by atoms with van der Waals surface area (Å²) in [5.74, 6) is 1.16. The quantitative estimate of drug-likeness (QED) is 0.887. The van der Waals surface area contributed by atoms with Gasteiger partial charge in [0.2, 0.25) is 0 Å². The summed E-state index contributed by atoms with van der Waals surface area (Å²) < 4.78 is 11.0. The van der Waals surface area contributed by atoms with Crippen LogP contribution >= 0.6 is 22.9 Å². The van der Waals surface area contributed by atoms with Crippen LogP contribution in [0.4, 0.5) is 0 Å². The molecule has 0 bridgehead atoms. The fourth-order valence-electron chi connectivity index (χ4n) is 2.19. The summed E-state index contributed by atoms with van der Waals surface area (Å²) in [4.78, 5) is 1.24. The van der Waals surface area contributed by atoms with Gasteiger partial charge in [-0.2, -0.15) is 0 Å². The first-order valence-electron chi connectivity index (χ1n) is 6.74. The molecule has 4 nitrogen and oxygen atoms in total. The third kappa shape index (κ3) is 3.49. The molecule has 0 saturated heterocycles. The van der Waals surface area contributed by atoms with Crippen molar-refractivity contribution in [2.75, 3.05) is 19.8 Å². The van der Waals surface area contributed by atoms with Gasteiger partial charge in [-0.05, 0) is 29.1 Å². The van der Waals surface area contributed by atoms with Gasteiger partial charge in [-0.1, -0.05) is 17.7 Å². The molecule has 0 amide bonds. The first kappa shape index (κ1) is 14.7. The summed E-state index contributed by atoms with van der Waals surface area (Å²) >= 11 is 7.86. The maximum atomic E-state index is 10.3. The van der Waals surface area contributed by atoms with Crippen molar-refractivity contribution in [3.63, 3.8) is 0 Å². The van der Waals surface area contributed by atoms with Gasteiger partial charge in [-0.25, -0.2) is 0 Å². The van der Waals surface area contributed by atoms with E-state index in [0.29, 0.717) is 36.3 Å². The normalized spacial score (nSPS) is 15.0. The van der Waals surface area contributed by atoms with Crippen LogP contribution < -0.4 is 14.8 Å². The number of aliphatic hydroxyl groups is 1. The number of halogens is 1. The van der Waals surface area contributed by atoms with E-state index in [9.17, 15) is 5.11 Å². The van der Waals surface area contributed by atoms with Crippen molar-refractivity contribution in [2.45, 2.75) is 12.6 Å². The first-order valence-corrected chi connectivity index (χ1v) is 8.00. The zero-order chi connectivity index (χ0) is 14.7. The van der Waals surface area contributed by atoms with Crippen LogP contribution in [-0.4, -0.2) is 24.9 Å². The molecule has 2 heterocycles. The molecule has 3 rings (SSSR count). The fraction of sp³-hybridized carbons (Fsp3) is 0.333. The van der Waals surface area contributed by atoms with Gasteiger partial charge < -0.3 is 19.9 Å². The molecule has 1 unspecified atom stereocenters. The molecule has 0 spiro atoms. The Balaban J connectivity index is 1.64. The van der Waals surface area contributed by atoms with Gasteiger partial charge in [-0.15, -0.1) is 11.3 Å². The standard InChI is InChI=1S/C15H16ClNO3S/c16-12-6-10(7-14-15(12)20-4-3-19-14)13(18)9-17-8-11-2-1-5-21-11/h1-2,5-7,13,17-18H,3-4,8-9H2. The summed E-state index contributed by atoms with van der Waals surface area (Å²) in [6.07, 6.45) is -0.640. The zero-order valence-corrected chi connectivity index (χ0v) is 12.9. The molecule has 1 aliphatic heterocycles. The van der Waals surface area contributed by atoms with Gasteiger partial charge in [0.25, 0.3) is 0 Å². The van der Waals surface area contributed by atoms with Crippen molar-refractivity contribution >= 4 is 22.9 Å². The lowest BCUT2D eigenvalue weighted by atomic mass is 10.1. The number of rotatable bonds is 5. The molecule has 1 atom stereocenters. The SMILES string of the molecule is OC(CNCc1cccs1)c1cc(Cl)c2c(c1)OCCO2. The maximum Gasteiger partial charge on any atom is 0.179 e. The van der Waals surface area contributed by atoms with E-state index in [1.54, 1.807) is 23.5 Å². The average Bonchev–Trinajstić information content (AvgIpc) is 3.00. The Hall–Kier alpha value is -1.27. The number of fused-ring (bicyclic) bond motifs is 1. The van der Waals surface area contributed by atoms with Crippen LogP contribution in [-0.2, 0) is 6.54 Å². The number of hydrogen-bond donors (Lipinski definition) is 2. The minimum absolute atomic E-state index is 0.452. The molecule has 112 valence electrons. The van der Waals surface area contributed by atoms with E-state index < -0.39 is 6.10 Å². The number of aliphatic hydroxyl groups excluding tert-OH is 1. The Morgan fingerprint density at radius 3 is 3.00 bits per heavy atom. The van der Waals surface area contributed by atoms with Gasteiger partial charge >= 0.3 is 0 Å². The Morgan fingerprint density at radius 2 is 2.19 bits per heavy atom. The number of thiophene rings is 1. The molecule has 0 aliphatic carbocycles. The predicted molar refractivity (Wildman–Crippen MR) is 83.4 cm³/mol. The molecule has 21 heavy (non-hydrogen) atoms. The van der Waals surface area contributed by atoms with Crippen LogP contribution in [0, 0.1) is 0 Å². The lowest BCUT2D eigenvalue weighted by Gasteiger charge is -2.21. The van der Waals surface area contributed by atoms with Gasteiger partial charge in [0.1, 0.15) is 13.2 Å². The van der Waals surface area contributed by atoms with E-state index in [0.717, 1.165) is 12.1 Å². The molecule has 1 aliphatic rings. The fourth-order valence-corrected chi connectivity index (χ4v) is 3.13. The maximum absolute atomic E-state index is 10.3. The van der Waals surface area contributed by atoms with Gasteiger partial charge in [0.15, 0.2) is 11.5 Å². The van der Waals surface area contributed by atoms with Crippen molar-refractivity contribution in [2.24, 2.45) is 0 Å². The van der Waals surface area contributed by atoms with E-state index in [1.807, 2.05) is 11.4 Å². The van der Waals surface area contributed by atoms with Crippen LogP contribution in [0.2, 0.25) is 5.02 Å². The van der Waals surface area contributed by atoms with Gasteiger partial charge in [-0.3, -0.25) is 0 Å². The molecule has 6 heteroatoms. The smallest absolute Gasteiger partial charge is 0.179 e. The Bertz CT molecular complexity index is 603. The number of hydrogen-bond acceptors (Lipinski definition) is 5. The minimum atomic E-state index is -0.640. The van der Waals surface area contributed by atoms with Crippen molar-refractivity contribution < 1.29 is 14.6 Å². The highest BCUT2D eigenvalue weighted by molar-refractivity contribution is 7.09.